The highest BCUT2D eigenvalue weighted by Gasteiger charge is 2.47. The first-order valence-corrected chi connectivity index (χ1v) is 9.42. The van der Waals surface area contributed by atoms with E-state index in [1.807, 2.05) is 32.9 Å². The average molecular weight is 331 g/mol. The normalized spacial score (nSPS) is 24.2. The van der Waals surface area contributed by atoms with Crippen molar-refractivity contribution < 1.29 is 4.21 Å². The van der Waals surface area contributed by atoms with E-state index in [4.69, 9.17) is 0 Å². The maximum Gasteiger partial charge on any atom is 0.0991 e. The molecule has 1 unspecified atom stereocenters. The Morgan fingerprint density at radius 1 is 1.35 bits per heavy atom. The van der Waals surface area contributed by atoms with E-state index in [0.717, 1.165) is 32.4 Å². The lowest BCUT2D eigenvalue weighted by molar-refractivity contribution is 0.164. The van der Waals surface area contributed by atoms with Crippen LogP contribution in [0.15, 0.2) is 18.2 Å². The lowest BCUT2D eigenvalue weighted by Gasteiger charge is -2.40. The summed E-state index contributed by atoms with van der Waals surface area (Å²) in [5, 5.41) is 12.7. The van der Waals surface area contributed by atoms with E-state index in [9.17, 15) is 9.47 Å². The topological polar surface area (TPSA) is 64.9 Å². The standard InChI is InChI=1S/C18H25N3OS/c1-17(2,3)23(22)21-16-15-10-13(12-19)4-5-14(15)11-18(16)6-8-20-9-7-18/h4-5,10,16,20-21H,6-9,11H2,1-3H3/t16-,23?/m1/s1. The van der Waals surface area contributed by atoms with Gasteiger partial charge in [0.05, 0.1) is 33.4 Å². The fourth-order valence-electron chi connectivity index (χ4n) is 3.77. The zero-order valence-electron chi connectivity index (χ0n) is 14.1. The van der Waals surface area contributed by atoms with E-state index >= 15 is 0 Å². The molecule has 0 radical (unpaired) electrons. The number of rotatable bonds is 2. The third kappa shape index (κ3) is 3.08. The molecule has 2 atom stereocenters. The summed E-state index contributed by atoms with van der Waals surface area (Å²) in [7, 11) is -1.12. The number of nitriles is 1. The molecule has 1 saturated heterocycles. The minimum absolute atomic E-state index is 0.0629. The van der Waals surface area contributed by atoms with Crippen molar-refractivity contribution in [1.29, 1.82) is 5.26 Å². The first-order valence-electron chi connectivity index (χ1n) is 8.27. The van der Waals surface area contributed by atoms with Gasteiger partial charge in [-0.1, -0.05) is 6.07 Å². The van der Waals surface area contributed by atoms with Crippen molar-refractivity contribution >= 4 is 11.0 Å². The maximum atomic E-state index is 12.7. The van der Waals surface area contributed by atoms with Gasteiger partial charge in [-0.05, 0) is 81.8 Å². The van der Waals surface area contributed by atoms with Crippen molar-refractivity contribution in [1.82, 2.24) is 10.0 Å². The number of hydrogen-bond acceptors (Lipinski definition) is 3. The molecule has 23 heavy (non-hydrogen) atoms. The van der Waals surface area contributed by atoms with Gasteiger partial charge in [0.1, 0.15) is 0 Å². The average Bonchev–Trinajstić information content (AvgIpc) is 2.79. The SMILES string of the molecule is CC(C)(C)S(=O)N[C@@H]1c2cc(C#N)ccc2CC12CCNCC2. The van der Waals surface area contributed by atoms with Crippen LogP contribution in [0.4, 0.5) is 0 Å². The van der Waals surface area contributed by atoms with Crippen molar-refractivity contribution in [3.63, 3.8) is 0 Å². The van der Waals surface area contributed by atoms with Crippen molar-refractivity contribution in [2.45, 2.75) is 50.8 Å². The van der Waals surface area contributed by atoms with Crippen LogP contribution >= 0.6 is 0 Å². The van der Waals surface area contributed by atoms with Gasteiger partial charge in [0.15, 0.2) is 0 Å². The fourth-order valence-corrected chi connectivity index (χ4v) is 4.71. The molecule has 3 rings (SSSR count). The number of hydrogen-bond donors (Lipinski definition) is 2. The van der Waals surface area contributed by atoms with Crippen LogP contribution < -0.4 is 10.0 Å². The lowest BCUT2D eigenvalue weighted by Crippen LogP contribution is -2.46. The van der Waals surface area contributed by atoms with Crippen molar-refractivity contribution in [3.05, 3.63) is 34.9 Å². The van der Waals surface area contributed by atoms with Crippen LogP contribution in [0.2, 0.25) is 0 Å². The summed E-state index contributed by atoms with van der Waals surface area (Å²) in [6.45, 7) is 7.98. The lowest BCUT2D eigenvalue weighted by atomic mass is 9.73. The fraction of sp³-hybridized carbons (Fsp3) is 0.611. The molecular weight excluding hydrogens is 306 g/mol. The van der Waals surface area contributed by atoms with Crippen molar-refractivity contribution in [3.8, 4) is 6.07 Å². The summed E-state index contributed by atoms with van der Waals surface area (Å²) < 4.78 is 15.9. The Kier molecular flexibility index (Phi) is 4.35. The third-order valence-corrected chi connectivity index (χ3v) is 6.68. The molecule has 0 amide bonds. The van der Waals surface area contributed by atoms with Gasteiger partial charge >= 0.3 is 0 Å². The Balaban J connectivity index is 2.00. The van der Waals surface area contributed by atoms with Gasteiger partial charge in [-0.3, -0.25) is 0 Å². The summed E-state index contributed by atoms with van der Waals surface area (Å²) >= 11 is 0. The second-order valence-electron chi connectivity index (χ2n) is 7.75. The highest BCUT2D eigenvalue weighted by molar-refractivity contribution is 7.84. The molecule has 1 heterocycles. The van der Waals surface area contributed by atoms with Gasteiger partial charge in [-0.25, -0.2) is 8.93 Å². The minimum atomic E-state index is -1.12. The largest absolute Gasteiger partial charge is 0.317 e. The highest BCUT2D eigenvalue weighted by atomic mass is 32.2. The van der Waals surface area contributed by atoms with E-state index in [-0.39, 0.29) is 16.2 Å². The summed E-state index contributed by atoms with van der Waals surface area (Å²) in [4.78, 5) is 0. The Hall–Kier alpha value is -1.22. The maximum absolute atomic E-state index is 12.7. The van der Waals surface area contributed by atoms with Crippen LogP contribution in [0.25, 0.3) is 0 Å². The van der Waals surface area contributed by atoms with Gasteiger partial charge in [0.25, 0.3) is 0 Å². The van der Waals surface area contributed by atoms with E-state index in [2.05, 4.69) is 22.2 Å². The Labute approximate surface area is 141 Å². The van der Waals surface area contributed by atoms with Gasteiger partial charge < -0.3 is 5.32 Å². The number of nitrogens with zero attached hydrogens (tertiary/aromatic N) is 1. The molecule has 0 bridgehead atoms. The van der Waals surface area contributed by atoms with Gasteiger partial charge in [-0.2, -0.15) is 5.26 Å². The highest BCUT2D eigenvalue weighted by Crippen LogP contribution is 2.51. The molecule has 1 aromatic carbocycles. The molecule has 0 aromatic heterocycles. The van der Waals surface area contributed by atoms with Crippen molar-refractivity contribution in [2.75, 3.05) is 13.1 Å². The monoisotopic (exact) mass is 331 g/mol. The zero-order chi connectivity index (χ0) is 16.7. The number of fused-ring (bicyclic) bond motifs is 1. The summed E-state index contributed by atoms with van der Waals surface area (Å²) in [6.07, 6.45) is 3.15. The van der Waals surface area contributed by atoms with E-state index in [1.165, 1.54) is 11.1 Å². The summed E-state index contributed by atoms with van der Waals surface area (Å²) in [5.41, 5.74) is 3.27. The Bertz CT molecular complexity index is 666. The Morgan fingerprint density at radius 3 is 2.65 bits per heavy atom. The van der Waals surface area contributed by atoms with Crippen LogP contribution in [-0.2, 0) is 17.4 Å². The van der Waals surface area contributed by atoms with Crippen LogP contribution in [0.1, 0.15) is 56.3 Å². The number of benzene rings is 1. The van der Waals surface area contributed by atoms with Crippen LogP contribution in [-0.4, -0.2) is 22.0 Å². The molecule has 1 aromatic rings. The van der Waals surface area contributed by atoms with Gasteiger partial charge in [-0.15, -0.1) is 0 Å². The molecule has 0 saturated carbocycles. The predicted molar refractivity (Wildman–Crippen MR) is 93.2 cm³/mol. The molecule has 1 fully saturated rings. The van der Waals surface area contributed by atoms with E-state index in [1.54, 1.807) is 0 Å². The van der Waals surface area contributed by atoms with E-state index in [0.29, 0.717) is 5.56 Å². The van der Waals surface area contributed by atoms with Crippen LogP contribution in [0.5, 0.6) is 0 Å². The molecule has 1 aliphatic heterocycles. The third-order valence-electron chi connectivity index (χ3n) is 5.12. The number of piperidine rings is 1. The second kappa shape index (κ2) is 6.01. The molecule has 2 N–H and O–H groups in total. The number of nitrogens with one attached hydrogen (secondary N) is 2. The van der Waals surface area contributed by atoms with Crippen LogP contribution in [0.3, 0.4) is 0 Å². The predicted octanol–water partition coefficient (Wildman–Crippen LogP) is 2.58. The smallest absolute Gasteiger partial charge is 0.0991 e. The molecule has 4 nitrogen and oxygen atoms in total. The zero-order valence-corrected chi connectivity index (χ0v) is 14.9. The summed E-state index contributed by atoms with van der Waals surface area (Å²) in [6, 6.07) is 8.27. The van der Waals surface area contributed by atoms with Gasteiger partial charge in [0.2, 0.25) is 0 Å². The Morgan fingerprint density at radius 2 is 2.04 bits per heavy atom. The quantitative estimate of drug-likeness (QED) is 0.875. The van der Waals surface area contributed by atoms with Crippen molar-refractivity contribution in [2.24, 2.45) is 5.41 Å². The first-order chi connectivity index (χ1) is 10.9. The molecule has 1 aliphatic carbocycles. The minimum Gasteiger partial charge on any atom is -0.317 e. The van der Waals surface area contributed by atoms with E-state index < -0.39 is 11.0 Å². The van der Waals surface area contributed by atoms with Crippen LogP contribution in [0, 0.1) is 16.7 Å². The summed E-state index contributed by atoms with van der Waals surface area (Å²) in [5.74, 6) is 0. The molecule has 124 valence electrons. The van der Waals surface area contributed by atoms with Gasteiger partial charge in [0, 0.05) is 0 Å². The first kappa shape index (κ1) is 16.6. The second-order valence-corrected chi connectivity index (χ2v) is 9.74. The molecule has 1 spiro atoms. The molecule has 5 heteroatoms. The molecular formula is C18H25N3OS. The molecule has 2 aliphatic rings.